The molecule has 4 heteroatoms. The van der Waals surface area contributed by atoms with Gasteiger partial charge in [-0.25, -0.2) is 4.99 Å². The Morgan fingerprint density at radius 3 is 2.90 bits per heavy atom. The molecule has 0 aliphatic rings. The molecule has 0 aliphatic heterocycles. The fourth-order valence-corrected chi connectivity index (χ4v) is 1.75. The first kappa shape index (κ1) is 17.1. The Morgan fingerprint density at radius 1 is 1.33 bits per heavy atom. The smallest absolute Gasteiger partial charge is 0.191 e. The average Bonchev–Trinajstić information content (AvgIpc) is 2.51. The summed E-state index contributed by atoms with van der Waals surface area (Å²) in [4.78, 5) is 4.55. The Morgan fingerprint density at radius 2 is 2.19 bits per heavy atom. The Hall–Kier alpha value is -1.97. The molecule has 1 aromatic rings. The molecule has 0 unspecified atom stereocenters. The number of hydrogen-bond acceptors (Lipinski definition) is 2. The van der Waals surface area contributed by atoms with Crippen molar-refractivity contribution in [1.29, 1.82) is 0 Å². The van der Waals surface area contributed by atoms with Gasteiger partial charge in [-0.05, 0) is 31.0 Å². The van der Waals surface area contributed by atoms with Crippen LogP contribution in [-0.2, 0) is 6.54 Å². The third-order valence-corrected chi connectivity index (χ3v) is 2.84. The van der Waals surface area contributed by atoms with Crippen molar-refractivity contribution in [3.05, 3.63) is 42.5 Å². The second-order valence-electron chi connectivity index (χ2n) is 4.71. The number of nitrogens with zero attached hydrogens (tertiary/aromatic N) is 1. The van der Waals surface area contributed by atoms with Crippen LogP contribution in [0.4, 0.5) is 0 Å². The lowest BCUT2D eigenvalue weighted by Gasteiger charge is -2.10. The fourth-order valence-electron chi connectivity index (χ4n) is 1.75. The molecule has 0 spiro atoms. The van der Waals surface area contributed by atoms with E-state index in [4.69, 9.17) is 4.74 Å². The second-order valence-corrected chi connectivity index (χ2v) is 4.71. The summed E-state index contributed by atoms with van der Waals surface area (Å²) in [7, 11) is 0. The molecule has 0 heterocycles. The first-order valence-electron chi connectivity index (χ1n) is 7.65. The summed E-state index contributed by atoms with van der Waals surface area (Å²) in [5.41, 5.74) is 1.14. The highest BCUT2D eigenvalue weighted by atomic mass is 16.5. The molecule has 0 aliphatic carbocycles. The first-order valence-corrected chi connectivity index (χ1v) is 7.65. The number of guanidine groups is 1. The highest BCUT2D eigenvalue weighted by Crippen LogP contribution is 2.14. The largest absolute Gasteiger partial charge is 0.494 e. The summed E-state index contributed by atoms with van der Waals surface area (Å²) in [6, 6.07) is 8.11. The van der Waals surface area contributed by atoms with E-state index in [0.717, 1.165) is 43.3 Å². The number of aliphatic imine (C=N–C) groups is 1. The lowest BCUT2D eigenvalue weighted by atomic mass is 10.2. The minimum absolute atomic E-state index is 0.622. The highest BCUT2D eigenvalue weighted by molar-refractivity contribution is 5.79. The maximum atomic E-state index is 5.71. The van der Waals surface area contributed by atoms with Crippen LogP contribution in [0.25, 0.3) is 0 Å². The zero-order chi connectivity index (χ0) is 15.3. The van der Waals surface area contributed by atoms with Gasteiger partial charge in [0.25, 0.3) is 0 Å². The summed E-state index contributed by atoms with van der Waals surface area (Å²) in [6.45, 7) is 10.8. The normalized spacial score (nSPS) is 11.0. The third-order valence-electron chi connectivity index (χ3n) is 2.84. The van der Waals surface area contributed by atoms with Crippen molar-refractivity contribution in [1.82, 2.24) is 10.6 Å². The van der Waals surface area contributed by atoms with Gasteiger partial charge >= 0.3 is 0 Å². The molecule has 1 rings (SSSR count). The minimum atomic E-state index is 0.622. The van der Waals surface area contributed by atoms with E-state index in [9.17, 15) is 0 Å². The SMILES string of the molecule is C=CCNC(=NCc1cccc(OCCCC)c1)NCC. The standard InChI is InChI=1S/C17H27N3O/c1-4-7-12-21-16-10-8-9-15(13-16)14-20-17(18-6-3)19-11-5-2/h5,8-10,13H,2,4,6-7,11-12,14H2,1,3H3,(H2,18,19,20). The van der Waals surface area contributed by atoms with Gasteiger partial charge in [-0.2, -0.15) is 0 Å². The number of nitrogens with one attached hydrogen (secondary N) is 2. The van der Waals surface area contributed by atoms with Gasteiger partial charge in [-0.1, -0.05) is 31.6 Å². The number of ether oxygens (including phenoxy) is 1. The summed E-state index contributed by atoms with van der Waals surface area (Å²) in [5.74, 6) is 1.72. The fraction of sp³-hybridized carbons (Fsp3) is 0.471. The molecule has 0 fully saturated rings. The number of rotatable bonds is 9. The monoisotopic (exact) mass is 289 g/mol. The maximum absolute atomic E-state index is 5.71. The van der Waals surface area contributed by atoms with E-state index < -0.39 is 0 Å². The third kappa shape index (κ3) is 7.40. The van der Waals surface area contributed by atoms with Crippen LogP contribution in [0.5, 0.6) is 5.75 Å². The zero-order valence-corrected chi connectivity index (χ0v) is 13.2. The van der Waals surface area contributed by atoms with Crippen molar-refractivity contribution in [2.45, 2.75) is 33.2 Å². The zero-order valence-electron chi connectivity index (χ0n) is 13.2. The molecule has 2 N–H and O–H groups in total. The Balaban J connectivity index is 2.58. The summed E-state index contributed by atoms with van der Waals surface area (Å²) < 4.78 is 5.71. The molecule has 0 atom stereocenters. The van der Waals surface area contributed by atoms with Crippen LogP contribution in [0.2, 0.25) is 0 Å². The van der Waals surface area contributed by atoms with Gasteiger partial charge in [0.05, 0.1) is 13.2 Å². The first-order chi connectivity index (χ1) is 10.3. The van der Waals surface area contributed by atoms with E-state index >= 15 is 0 Å². The molecule has 0 saturated heterocycles. The van der Waals surface area contributed by atoms with E-state index in [-0.39, 0.29) is 0 Å². The van der Waals surface area contributed by atoms with Gasteiger partial charge in [0, 0.05) is 13.1 Å². The van der Waals surface area contributed by atoms with Crippen LogP contribution in [0.15, 0.2) is 41.9 Å². The van der Waals surface area contributed by atoms with Crippen molar-refractivity contribution < 1.29 is 4.74 Å². The lowest BCUT2D eigenvalue weighted by molar-refractivity contribution is 0.309. The van der Waals surface area contributed by atoms with Gasteiger partial charge in [-0.15, -0.1) is 6.58 Å². The molecule has 0 aromatic heterocycles. The minimum Gasteiger partial charge on any atom is -0.494 e. The van der Waals surface area contributed by atoms with Crippen LogP contribution >= 0.6 is 0 Å². The molecular weight excluding hydrogens is 262 g/mol. The van der Waals surface area contributed by atoms with E-state index in [1.54, 1.807) is 0 Å². The van der Waals surface area contributed by atoms with Crippen molar-refractivity contribution >= 4 is 5.96 Å². The maximum Gasteiger partial charge on any atom is 0.191 e. The average molecular weight is 289 g/mol. The summed E-state index contributed by atoms with van der Waals surface area (Å²) in [6.07, 6.45) is 4.04. The van der Waals surface area contributed by atoms with Crippen LogP contribution < -0.4 is 15.4 Å². The van der Waals surface area contributed by atoms with Gasteiger partial charge in [0.1, 0.15) is 5.75 Å². The predicted octanol–water partition coefficient (Wildman–Crippen LogP) is 3.11. The molecule has 21 heavy (non-hydrogen) atoms. The highest BCUT2D eigenvalue weighted by Gasteiger charge is 1.98. The summed E-state index contributed by atoms with van der Waals surface area (Å²) in [5, 5.41) is 6.39. The molecule has 0 radical (unpaired) electrons. The quantitative estimate of drug-likeness (QED) is 0.318. The number of benzene rings is 1. The molecule has 0 bridgehead atoms. The lowest BCUT2D eigenvalue weighted by Crippen LogP contribution is -2.37. The van der Waals surface area contributed by atoms with Crippen molar-refractivity contribution in [3.63, 3.8) is 0 Å². The van der Waals surface area contributed by atoms with Crippen LogP contribution in [0.3, 0.4) is 0 Å². The van der Waals surface area contributed by atoms with Gasteiger partial charge in [-0.3, -0.25) is 0 Å². The molecule has 4 nitrogen and oxygen atoms in total. The van der Waals surface area contributed by atoms with E-state index in [2.05, 4.69) is 41.3 Å². The summed E-state index contributed by atoms with van der Waals surface area (Å²) >= 11 is 0. The molecular formula is C17H27N3O. The van der Waals surface area contributed by atoms with Crippen LogP contribution in [-0.4, -0.2) is 25.7 Å². The molecule has 116 valence electrons. The van der Waals surface area contributed by atoms with Crippen LogP contribution in [0, 0.1) is 0 Å². The second kappa shape index (κ2) is 10.8. The Labute approximate surface area is 128 Å². The van der Waals surface area contributed by atoms with Crippen molar-refractivity contribution in [3.8, 4) is 5.75 Å². The van der Waals surface area contributed by atoms with Gasteiger partial charge < -0.3 is 15.4 Å². The van der Waals surface area contributed by atoms with Gasteiger partial charge in [0.2, 0.25) is 0 Å². The van der Waals surface area contributed by atoms with Crippen molar-refractivity contribution in [2.24, 2.45) is 4.99 Å². The Bertz CT molecular complexity index is 443. The Kier molecular flexibility index (Phi) is 8.76. The van der Waals surface area contributed by atoms with Crippen LogP contribution in [0.1, 0.15) is 32.3 Å². The van der Waals surface area contributed by atoms with Crippen molar-refractivity contribution in [2.75, 3.05) is 19.7 Å². The topological polar surface area (TPSA) is 45.7 Å². The number of unbranched alkanes of at least 4 members (excludes halogenated alkanes) is 1. The molecule has 1 aromatic carbocycles. The number of hydrogen-bond donors (Lipinski definition) is 2. The predicted molar refractivity (Wildman–Crippen MR) is 89.9 cm³/mol. The van der Waals surface area contributed by atoms with E-state index in [1.165, 1.54) is 0 Å². The molecule has 0 amide bonds. The van der Waals surface area contributed by atoms with E-state index in [1.807, 2.05) is 25.1 Å². The van der Waals surface area contributed by atoms with E-state index in [0.29, 0.717) is 13.1 Å². The molecule has 0 saturated carbocycles. The van der Waals surface area contributed by atoms with Gasteiger partial charge in [0.15, 0.2) is 5.96 Å².